The molecule has 2 aromatic rings. The van der Waals surface area contributed by atoms with E-state index in [1.165, 1.54) is 11.3 Å². The van der Waals surface area contributed by atoms with Gasteiger partial charge < -0.3 is 14.8 Å². The average molecular weight is 361 g/mol. The summed E-state index contributed by atoms with van der Waals surface area (Å²) in [6.07, 6.45) is 0.225. The minimum Gasteiger partial charge on any atom is -0.496 e. The molecule has 0 aliphatic rings. The molecule has 0 saturated carbocycles. The Bertz CT molecular complexity index is 795. The number of anilines is 1. The summed E-state index contributed by atoms with van der Waals surface area (Å²) in [5, 5.41) is 3.40. The zero-order valence-electron chi connectivity index (χ0n) is 15.2. The van der Waals surface area contributed by atoms with Crippen LogP contribution in [0, 0.1) is 20.8 Å². The van der Waals surface area contributed by atoms with E-state index in [1.54, 1.807) is 14.0 Å². The molecule has 6 heteroatoms. The quantitative estimate of drug-likeness (QED) is 0.789. The third kappa shape index (κ3) is 4.39. The lowest BCUT2D eigenvalue weighted by molar-refractivity contribution is -0.115. The summed E-state index contributed by atoms with van der Waals surface area (Å²) in [6, 6.07) is 5.64. The van der Waals surface area contributed by atoms with E-state index < -0.39 is 5.97 Å². The summed E-state index contributed by atoms with van der Waals surface area (Å²) >= 11 is 1.39. The molecule has 1 heterocycles. The third-order valence-electron chi connectivity index (χ3n) is 3.94. The SMILES string of the molecule is CCOC(=O)c1c(NC(=O)Cc2ccc(OC)c(C)c2)sc(C)c1C. The van der Waals surface area contributed by atoms with Crippen molar-refractivity contribution in [2.75, 3.05) is 19.0 Å². The van der Waals surface area contributed by atoms with Crippen molar-refractivity contribution in [3.05, 3.63) is 45.3 Å². The molecule has 1 amide bonds. The number of carbonyl (C=O) groups excluding carboxylic acids is 2. The molecule has 1 N–H and O–H groups in total. The van der Waals surface area contributed by atoms with Crippen molar-refractivity contribution in [3.63, 3.8) is 0 Å². The van der Waals surface area contributed by atoms with Crippen LogP contribution in [0.2, 0.25) is 0 Å². The largest absolute Gasteiger partial charge is 0.496 e. The van der Waals surface area contributed by atoms with Crippen LogP contribution in [0.4, 0.5) is 5.00 Å². The van der Waals surface area contributed by atoms with Gasteiger partial charge in [-0.2, -0.15) is 0 Å². The monoisotopic (exact) mass is 361 g/mol. The smallest absolute Gasteiger partial charge is 0.341 e. The van der Waals surface area contributed by atoms with Crippen molar-refractivity contribution in [2.45, 2.75) is 34.1 Å². The second kappa shape index (κ2) is 8.16. The number of hydrogen-bond donors (Lipinski definition) is 1. The van der Waals surface area contributed by atoms with Gasteiger partial charge in [-0.15, -0.1) is 11.3 Å². The number of esters is 1. The first-order valence-corrected chi connectivity index (χ1v) is 8.89. The van der Waals surface area contributed by atoms with E-state index in [0.29, 0.717) is 17.2 Å². The van der Waals surface area contributed by atoms with Crippen LogP contribution < -0.4 is 10.1 Å². The predicted octanol–water partition coefficient (Wildman–Crippen LogP) is 4.04. The maximum absolute atomic E-state index is 12.4. The Hall–Kier alpha value is -2.34. The first-order chi connectivity index (χ1) is 11.9. The molecule has 1 aromatic carbocycles. The number of amides is 1. The van der Waals surface area contributed by atoms with Crippen LogP contribution in [0.25, 0.3) is 0 Å². The fraction of sp³-hybridized carbons (Fsp3) is 0.368. The van der Waals surface area contributed by atoms with Gasteiger partial charge in [0.2, 0.25) is 5.91 Å². The van der Waals surface area contributed by atoms with Crippen molar-refractivity contribution >= 4 is 28.2 Å². The van der Waals surface area contributed by atoms with Gasteiger partial charge in [-0.05, 0) is 50.5 Å². The number of hydrogen-bond acceptors (Lipinski definition) is 5. The zero-order valence-corrected chi connectivity index (χ0v) is 16.0. The highest BCUT2D eigenvalue weighted by Crippen LogP contribution is 2.33. The van der Waals surface area contributed by atoms with Gasteiger partial charge in [-0.3, -0.25) is 4.79 Å². The average Bonchev–Trinajstić information content (AvgIpc) is 2.81. The number of carbonyl (C=O) groups is 2. The lowest BCUT2D eigenvalue weighted by Crippen LogP contribution is -2.16. The lowest BCUT2D eigenvalue weighted by atomic mass is 10.1. The van der Waals surface area contributed by atoms with Crippen molar-refractivity contribution in [2.24, 2.45) is 0 Å². The molecule has 0 bridgehead atoms. The molecule has 0 spiro atoms. The van der Waals surface area contributed by atoms with Crippen LogP contribution in [0.1, 0.15) is 38.8 Å². The van der Waals surface area contributed by atoms with Crippen molar-refractivity contribution in [1.82, 2.24) is 0 Å². The number of thiophene rings is 1. The van der Waals surface area contributed by atoms with Gasteiger partial charge in [0, 0.05) is 4.88 Å². The predicted molar refractivity (Wildman–Crippen MR) is 99.8 cm³/mol. The maximum Gasteiger partial charge on any atom is 0.341 e. The highest BCUT2D eigenvalue weighted by atomic mass is 32.1. The Morgan fingerprint density at radius 1 is 1.20 bits per heavy atom. The molecule has 0 aliphatic carbocycles. The number of aryl methyl sites for hydroxylation is 2. The summed E-state index contributed by atoms with van der Waals surface area (Å²) < 4.78 is 10.3. The molecule has 134 valence electrons. The standard InChI is InChI=1S/C19H23NO4S/c1-6-24-19(22)17-12(3)13(4)25-18(17)20-16(21)10-14-7-8-15(23-5)11(2)9-14/h7-9H,6,10H2,1-5H3,(H,20,21). The van der Waals surface area contributed by atoms with Crippen LogP contribution in [-0.4, -0.2) is 25.6 Å². The Labute approximate surface area is 152 Å². The summed E-state index contributed by atoms with van der Waals surface area (Å²) in [6.45, 7) is 7.78. The van der Waals surface area contributed by atoms with Crippen LogP contribution in [0.3, 0.4) is 0 Å². The van der Waals surface area contributed by atoms with Gasteiger partial charge in [-0.1, -0.05) is 12.1 Å². The molecule has 0 saturated heterocycles. The second-order valence-electron chi connectivity index (χ2n) is 5.74. The highest BCUT2D eigenvalue weighted by molar-refractivity contribution is 7.16. The number of rotatable bonds is 6. The molecule has 0 unspecified atom stereocenters. The molecule has 0 atom stereocenters. The molecule has 2 rings (SSSR count). The van der Waals surface area contributed by atoms with Crippen molar-refractivity contribution in [1.29, 1.82) is 0 Å². The van der Waals surface area contributed by atoms with Gasteiger partial charge in [-0.25, -0.2) is 4.79 Å². The molecule has 25 heavy (non-hydrogen) atoms. The van der Waals surface area contributed by atoms with Crippen LogP contribution in [0.15, 0.2) is 18.2 Å². The maximum atomic E-state index is 12.4. The van der Waals surface area contributed by atoms with Gasteiger partial charge in [0.1, 0.15) is 10.8 Å². The minimum atomic E-state index is -0.403. The summed E-state index contributed by atoms with van der Waals surface area (Å²) in [5.74, 6) is 0.217. The molecule has 0 aliphatic heterocycles. The lowest BCUT2D eigenvalue weighted by Gasteiger charge is -2.09. The molecule has 5 nitrogen and oxygen atoms in total. The van der Waals surface area contributed by atoms with E-state index in [2.05, 4.69) is 5.32 Å². The van der Waals surface area contributed by atoms with Gasteiger partial charge in [0.25, 0.3) is 0 Å². The number of ether oxygens (including phenoxy) is 2. The molecular formula is C19H23NO4S. The molecule has 1 aromatic heterocycles. The molecule has 0 fully saturated rings. The van der Waals surface area contributed by atoms with Gasteiger partial charge in [0.15, 0.2) is 0 Å². The normalized spacial score (nSPS) is 10.4. The van der Waals surface area contributed by atoms with Crippen molar-refractivity contribution < 1.29 is 19.1 Å². The van der Waals surface area contributed by atoms with E-state index in [1.807, 2.05) is 39.0 Å². The van der Waals surface area contributed by atoms with E-state index in [4.69, 9.17) is 9.47 Å². The van der Waals surface area contributed by atoms with E-state index >= 15 is 0 Å². The second-order valence-corrected chi connectivity index (χ2v) is 6.96. The van der Waals surface area contributed by atoms with E-state index in [0.717, 1.165) is 27.3 Å². The zero-order chi connectivity index (χ0) is 18.6. The van der Waals surface area contributed by atoms with Gasteiger partial charge in [0.05, 0.1) is 25.7 Å². The topological polar surface area (TPSA) is 64.6 Å². The summed E-state index contributed by atoms with van der Waals surface area (Å²) in [5.41, 5.74) is 3.16. The molecular weight excluding hydrogens is 338 g/mol. The fourth-order valence-electron chi connectivity index (χ4n) is 2.57. The Morgan fingerprint density at radius 2 is 1.92 bits per heavy atom. The number of nitrogens with one attached hydrogen (secondary N) is 1. The minimum absolute atomic E-state index is 0.170. The third-order valence-corrected chi connectivity index (χ3v) is 5.06. The number of methoxy groups -OCH3 is 1. The van der Waals surface area contributed by atoms with Crippen LogP contribution >= 0.6 is 11.3 Å². The Balaban J connectivity index is 2.17. The Kier molecular flexibility index (Phi) is 6.20. The van der Waals surface area contributed by atoms with Crippen LogP contribution in [-0.2, 0) is 16.0 Å². The molecule has 0 radical (unpaired) electrons. The van der Waals surface area contributed by atoms with E-state index in [-0.39, 0.29) is 12.3 Å². The summed E-state index contributed by atoms with van der Waals surface area (Å²) in [4.78, 5) is 25.6. The van der Waals surface area contributed by atoms with Crippen molar-refractivity contribution in [3.8, 4) is 5.75 Å². The van der Waals surface area contributed by atoms with Gasteiger partial charge >= 0.3 is 5.97 Å². The van der Waals surface area contributed by atoms with Crippen LogP contribution in [0.5, 0.6) is 5.75 Å². The van der Waals surface area contributed by atoms with E-state index in [9.17, 15) is 9.59 Å². The first kappa shape index (κ1) is 19.0. The number of benzene rings is 1. The summed E-state index contributed by atoms with van der Waals surface area (Å²) in [7, 11) is 1.62. The first-order valence-electron chi connectivity index (χ1n) is 8.07. The fourth-order valence-corrected chi connectivity index (χ4v) is 3.64. The highest BCUT2D eigenvalue weighted by Gasteiger charge is 2.22. The Morgan fingerprint density at radius 3 is 2.52 bits per heavy atom.